The highest BCUT2D eigenvalue weighted by Gasteiger charge is 2.10. The van der Waals surface area contributed by atoms with Gasteiger partial charge in [-0.2, -0.15) is 0 Å². The fourth-order valence-corrected chi connectivity index (χ4v) is 1.88. The minimum atomic E-state index is 1.07. The molecular formula is C14H16N+. The van der Waals surface area contributed by atoms with Crippen molar-refractivity contribution in [2.45, 2.75) is 13.3 Å². The first kappa shape index (κ1) is 9.91. The van der Waals surface area contributed by atoms with Crippen molar-refractivity contribution in [2.24, 2.45) is 7.05 Å². The third-order valence-corrected chi connectivity index (χ3v) is 2.73. The van der Waals surface area contributed by atoms with Crippen LogP contribution in [-0.4, -0.2) is 0 Å². The summed E-state index contributed by atoms with van der Waals surface area (Å²) in [6, 6.07) is 14.9. The van der Waals surface area contributed by atoms with Crippen molar-refractivity contribution in [3.63, 3.8) is 0 Å². The molecule has 0 saturated heterocycles. The largest absolute Gasteiger partial charge is 0.212 e. The number of pyridine rings is 1. The Balaban J connectivity index is 2.59. The van der Waals surface area contributed by atoms with Crippen LogP contribution in [0.5, 0.6) is 0 Å². The molecule has 0 saturated carbocycles. The van der Waals surface area contributed by atoms with Crippen LogP contribution in [0.25, 0.3) is 11.3 Å². The van der Waals surface area contributed by atoms with E-state index < -0.39 is 0 Å². The molecule has 0 spiro atoms. The third-order valence-electron chi connectivity index (χ3n) is 2.73. The summed E-state index contributed by atoms with van der Waals surface area (Å²) < 4.78 is 2.16. The van der Waals surface area contributed by atoms with Crippen LogP contribution in [0.4, 0.5) is 0 Å². The van der Waals surface area contributed by atoms with Crippen molar-refractivity contribution < 1.29 is 4.57 Å². The van der Waals surface area contributed by atoms with Crippen molar-refractivity contribution in [3.8, 4) is 11.3 Å². The molecular weight excluding hydrogens is 182 g/mol. The molecule has 2 aromatic rings. The first-order valence-corrected chi connectivity index (χ1v) is 5.36. The summed E-state index contributed by atoms with van der Waals surface area (Å²) in [4.78, 5) is 0. The van der Waals surface area contributed by atoms with Crippen molar-refractivity contribution in [3.05, 3.63) is 54.2 Å². The molecule has 76 valence electrons. The average Bonchev–Trinajstić information content (AvgIpc) is 2.30. The molecule has 0 radical (unpaired) electrons. The molecule has 0 atom stereocenters. The van der Waals surface area contributed by atoms with Gasteiger partial charge in [-0.05, 0) is 24.1 Å². The van der Waals surface area contributed by atoms with E-state index in [0.29, 0.717) is 0 Å². The van der Waals surface area contributed by atoms with Crippen LogP contribution < -0.4 is 4.57 Å². The Morgan fingerprint density at radius 3 is 2.47 bits per heavy atom. The van der Waals surface area contributed by atoms with Crippen molar-refractivity contribution in [2.75, 3.05) is 0 Å². The molecule has 0 unspecified atom stereocenters. The van der Waals surface area contributed by atoms with Crippen LogP contribution in [0.3, 0.4) is 0 Å². The second-order valence-corrected chi connectivity index (χ2v) is 3.71. The van der Waals surface area contributed by atoms with Crippen molar-refractivity contribution in [1.82, 2.24) is 0 Å². The van der Waals surface area contributed by atoms with Gasteiger partial charge in [0.2, 0.25) is 5.69 Å². The Hall–Kier alpha value is -1.63. The number of rotatable bonds is 2. The minimum absolute atomic E-state index is 1.07. The van der Waals surface area contributed by atoms with Gasteiger partial charge in [0.15, 0.2) is 6.20 Å². The van der Waals surface area contributed by atoms with Gasteiger partial charge in [-0.15, -0.1) is 0 Å². The summed E-state index contributed by atoms with van der Waals surface area (Å²) in [5.74, 6) is 0. The number of nitrogens with zero attached hydrogens (tertiary/aromatic N) is 1. The Labute approximate surface area is 91.0 Å². The van der Waals surface area contributed by atoms with E-state index in [9.17, 15) is 0 Å². The zero-order valence-electron chi connectivity index (χ0n) is 9.27. The van der Waals surface area contributed by atoms with E-state index in [-0.39, 0.29) is 0 Å². The van der Waals surface area contributed by atoms with E-state index in [1.807, 2.05) is 0 Å². The Kier molecular flexibility index (Phi) is 2.82. The first-order chi connectivity index (χ1) is 7.33. The zero-order chi connectivity index (χ0) is 10.7. The molecule has 15 heavy (non-hydrogen) atoms. The molecule has 0 aliphatic carbocycles. The zero-order valence-corrected chi connectivity index (χ0v) is 9.27. The van der Waals surface area contributed by atoms with Gasteiger partial charge in [0.25, 0.3) is 0 Å². The second-order valence-electron chi connectivity index (χ2n) is 3.71. The topological polar surface area (TPSA) is 3.88 Å². The number of benzene rings is 1. The Bertz CT molecular complexity index is 460. The van der Waals surface area contributed by atoms with Crippen molar-refractivity contribution in [1.29, 1.82) is 0 Å². The number of hydrogen-bond donors (Lipinski definition) is 0. The summed E-state index contributed by atoms with van der Waals surface area (Å²) in [5, 5.41) is 0. The maximum absolute atomic E-state index is 2.20. The molecule has 0 N–H and O–H groups in total. The van der Waals surface area contributed by atoms with Gasteiger partial charge < -0.3 is 0 Å². The highest BCUT2D eigenvalue weighted by Crippen LogP contribution is 2.20. The lowest BCUT2D eigenvalue weighted by Gasteiger charge is -2.05. The van der Waals surface area contributed by atoms with E-state index in [2.05, 4.69) is 67.2 Å². The number of aryl methyl sites for hydroxylation is 2. The maximum Gasteiger partial charge on any atom is 0.212 e. The van der Waals surface area contributed by atoms with Gasteiger partial charge in [0.05, 0.1) is 0 Å². The molecule has 1 heteroatoms. The monoisotopic (exact) mass is 198 g/mol. The molecule has 2 rings (SSSR count). The predicted octanol–water partition coefficient (Wildman–Crippen LogP) is 2.74. The Morgan fingerprint density at radius 1 is 1.00 bits per heavy atom. The van der Waals surface area contributed by atoms with Crippen LogP contribution in [0.1, 0.15) is 12.5 Å². The molecule has 0 amide bonds. The highest BCUT2D eigenvalue weighted by atomic mass is 14.9. The van der Waals surface area contributed by atoms with Gasteiger partial charge in [0, 0.05) is 17.7 Å². The summed E-state index contributed by atoms with van der Waals surface area (Å²) in [7, 11) is 2.09. The summed E-state index contributed by atoms with van der Waals surface area (Å²) in [6.07, 6.45) is 3.16. The van der Waals surface area contributed by atoms with Crippen molar-refractivity contribution >= 4 is 0 Å². The van der Waals surface area contributed by atoms with Crippen LogP contribution >= 0.6 is 0 Å². The lowest BCUT2D eigenvalue weighted by Crippen LogP contribution is -2.30. The molecule has 0 bridgehead atoms. The van der Waals surface area contributed by atoms with E-state index in [4.69, 9.17) is 0 Å². The van der Waals surface area contributed by atoms with E-state index in [1.54, 1.807) is 0 Å². The minimum Gasteiger partial charge on any atom is -0.201 e. The van der Waals surface area contributed by atoms with Gasteiger partial charge in [-0.25, -0.2) is 4.57 Å². The molecule has 1 aromatic carbocycles. The molecule has 0 aliphatic heterocycles. The Morgan fingerprint density at radius 2 is 1.73 bits per heavy atom. The third kappa shape index (κ3) is 1.91. The van der Waals surface area contributed by atoms with E-state index in [1.165, 1.54) is 16.8 Å². The van der Waals surface area contributed by atoms with E-state index >= 15 is 0 Å². The van der Waals surface area contributed by atoms with Crippen LogP contribution in [0.15, 0.2) is 48.7 Å². The maximum atomic E-state index is 2.20. The normalized spacial score (nSPS) is 10.3. The molecule has 1 aromatic heterocycles. The average molecular weight is 198 g/mol. The standard InChI is InChI=1S/C14H16N/c1-3-12-8-4-5-9-13(12)14-10-6-7-11-15(14)2/h4-11H,3H2,1-2H3/q+1. The van der Waals surface area contributed by atoms with Crippen LogP contribution in [-0.2, 0) is 13.5 Å². The number of hydrogen-bond acceptors (Lipinski definition) is 0. The highest BCUT2D eigenvalue weighted by molar-refractivity contribution is 5.60. The molecule has 1 heterocycles. The smallest absolute Gasteiger partial charge is 0.201 e. The lowest BCUT2D eigenvalue weighted by molar-refractivity contribution is -0.660. The van der Waals surface area contributed by atoms with Crippen LogP contribution in [0.2, 0.25) is 0 Å². The molecule has 0 fully saturated rings. The second kappa shape index (κ2) is 4.26. The fraction of sp³-hybridized carbons (Fsp3) is 0.214. The quantitative estimate of drug-likeness (QED) is 0.653. The van der Waals surface area contributed by atoms with Crippen LogP contribution in [0, 0.1) is 0 Å². The summed E-state index contributed by atoms with van der Waals surface area (Å²) in [5.41, 5.74) is 4.01. The predicted molar refractivity (Wildman–Crippen MR) is 62.4 cm³/mol. The first-order valence-electron chi connectivity index (χ1n) is 5.36. The SMILES string of the molecule is CCc1ccccc1-c1cccc[n+]1C. The fourth-order valence-electron chi connectivity index (χ4n) is 1.88. The number of aromatic nitrogens is 1. The van der Waals surface area contributed by atoms with E-state index in [0.717, 1.165) is 6.42 Å². The van der Waals surface area contributed by atoms with Gasteiger partial charge in [-0.1, -0.05) is 25.1 Å². The van der Waals surface area contributed by atoms with Gasteiger partial charge >= 0.3 is 0 Å². The van der Waals surface area contributed by atoms with Gasteiger partial charge in [-0.3, -0.25) is 0 Å². The lowest BCUT2D eigenvalue weighted by atomic mass is 10.0. The molecule has 0 aliphatic rings. The summed E-state index contributed by atoms with van der Waals surface area (Å²) >= 11 is 0. The van der Waals surface area contributed by atoms with Gasteiger partial charge in [0.1, 0.15) is 7.05 Å². The molecule has 1 nitrogen and oxygen atoms in total. The summed E-state index contributed by atoms with van der Waals surface area (Å²) in [6.45, 7) is 2.20.